The van der Waals surface area contributed by atoms with Crippen LogP contribution in [0, 0.1) is 0 Å². The number of ketones is 1. The SMILES string of the molecule is CN[C@@H](CCOC)C(C)=O. The van der Waals surface area contributed by atoms with E-state index in [-0.39, 0.29) is 11.8 Å². The lowest BCUT2D eigenvalue weighted by Crippen LogP contribution is -2.33. The maximum absolute atomic E-state index is 10.8. The van der Waals surface area contributed by atoms with Crippen LogP contribution in [0.4, 0.5) is 0 Å². The Balaban J connectivity index is 3.50. The Morgan fingerprint density at radius 3 is 2.60 bits per heavy atom. The van der Waals surface area contributed by atoms with Crippen molar-refractivity contribution in [3.63, 3.8) is 0 Å². The van der Waals surface area contributed by atoms with Crippen molar-refractivity contribution in [1.29, 1.82) is 0 Å². The number of ether oxygens (including phenoxy) is 1. The molecule has 0 aliphatic heterocycles. The van der Waals surface area contributed by atoms with Crippen molar-refractivity contribution in [2.75, 3.05) is 20.8 Å². The molecule has 0 saturated carbocycles. The minimum absolute atomic E-state index is 0.0417. The summed E-state index contributed by atoms with van der Waals surface area (Å²) in [7, 11) is 3.41. The van der Waals surface area contributed by atoms with E-state index in [9.17, 15) is 4.79 Å². The average molecular weight is 145 g/mol. The molecule has 0 heterocycles. The molecule has 0 spiro atoms. The Labute approximate surface area is 61.8 Å². The minimum atomic E-state index is -0.0417. The molecule has 0 rings (SSSR count). The number of rotatable bonds is 5. The number of carbonyl (C=O) groups excluding carboxylic acids is 1. The first kappa shape index (κ1) is 9.59. The van der Waals surface area contributed by atoms with Crippen LogP contribution in [0.3, 0.4) is 0 Å². The van der Waals surface area contributed by atoms with Gasteiger partial charge < -0.3 is 10.1 Å². The van der Waals surface area contributed by atoms with Crippen LogP contribution < -0.4 is 5.32 Å². The molecule has 0 aliphatic carbocycles. The molecular formula is C7H15NO2. The lowest BCUT2D eigenvalue weighted by Gasteiger charge is -2.10. The number of Topliss-reactive ketones (excluding diaryl/α,β-unsaturated/α-hetero) is 1. The molecule has 1 N–H and O–H groups in total. The summed E-state index contributed by atoms with van der Waals surface area (Å²) >= 11 is 0. The Hall–Kier alpha value is -0.410. The second-order valence-electron chi connectivity index (χ2n) is 2.23. The quantitative estimate of drug-likeness (QED) is 0.600. The Bertz CT molecular complexity index is 104. The monoisotopic (exact) mass is 145 g/mol. The van der Waals surface area contributed by atoms with Crippen LogP contribution in [0.2, 0.25) is 0 Å². The van der Waals surface area contributed by atoms with Crippen molar-refractivity contribution in [1.82, 2.24) is 5.32 Å². The van der Waals surface area contributed by atoms with Crippen molar-refractivity contribution in [2.45, 2.75) is 19.4 Å². The highest BCUT2D eigenvalue weighted by atomic mass is 16.5. The number of carbonyl (C=O) groups is 1. The Morgan fingerprint density at radius 1 is 1.70 bits per heavy atom. The van der Waals surface area contributed by atoms with Crippen molar-refractivity contribution in [2.24, 2.45) is 0 Å². The van der Waals surface area contributed by atoms with Crippen LogP contribution >= 0.6 is 0 Å². The zero-order valence-corrected chi connectivity index (χ0v) is 6.81. The third kappa shape index (κ3) is 3.58. The van der Waals surface area contributed by atoms with Crippen molar-refractivity contribution in [3.8, 4) is 0 Å². The van der Waals surface area contributed by atoms with E-state index in [4.69, 9.17) is 4.74 Å². The van der Waals surface area contributed by atoms with Crippen molar-refractivity contribution in [3.05, 3.63) is 0 Å². The smallest absolute Gasteiger partial charge is 0.146 e. The Kier molecular flexibility index (Phi) is 5.16. The summed E-state index contributed by atoms with van der Waals surface area (Å²) in [5.41, 5.74) is 0. The second-order valence-corrected chi connectivity index (χ2v) is 2.23. The van der Waals surface area contributed by atoms with Gasteiger partial charge in [-0.1, -0.05) is 0 Å². The molecule has 0 amide bonds. The molecule has 0 aromatic heterocycles. The van der Waals surface area contributed by atoms with Crippen LogP contribution in [0.15, 0.2) is 0 Å². The molecule has 60 valence electrons. The molecule has 0 fully saturated rings. The highest BCUT2D eigenvalue weighted by molar-refractivity contribution is 5.81. The largest absolute Gasteiger partial charge is 0.385 e. The number of hydrogen-bond donors (Lipinski definition) is 1. The fourth-order valence-corrected chi connectivity index (χ4v) is 0.787. The van der Waals surface area contributed by atoms with Gasteiger partial charge >= 0.3 is 0 Å². The molecule has 0 bridgehead atoms. The third-order valence-electron chi connectivity index (χ3n) is 1.45. The lowest BCUT2D eigenvalue weighted by molar-refractivity contribution is -0.119. The summed E-state index contributed by atoms with van der Waals surface area (Å²) in [5.74, 6) is 0.166. The van der Waals surface area contributed by atoms with Gasteiger partial charge in [0.25, 0.3) is 0 Å². The molecule has 0 aromatic rings. The zero-order chi connectivity index (χ0) is 7.98. The summed E-state index contributed by atoms with van der Waals surface area (Å²) in [6.07, 6.45) is 0.752. The first-order chi connectivity index (χ1) is 4.72. The summed E-state index contributed by atoms with van der Waals surface area (Å²) in [5, 5.41) is 2.91. The fourth-order valence-electron chi connectivity index (χ4n) is 0.787. The van der Waals surface area contributed by atoms with E-state index < -0.39 is 0 Å². The maximum Gasteiger partial charge on any atom is 0.146 e. The molecule has 0 aromatic carbocycles. The van der Waals surface area contributed by atoms with Gasteiger partial charge in [0.1, 0.15) is 5.78 Å². The van der Waals surface area contributed by atoms with Crippen LogP contribution in [0.25, 0.3) is 0 Å². The third-order valence-corrected chi connectivity index (χ3v) is 1.45. The highest BCUT2D eigenvalue weighted by Gasteiger charge is 2.09. The highest BCUT2D eigenvalue weighted by Crippen LogP contribution is 1.92. The lowest BCUT2D eigenvalue weighted by atomic mass is 10.1. The molecule has 10 heavy (non-hydrogen) atoms. The van der Waals surface area contributed by atoms with E-state index in [1.807, 2.05) is 0 Å². The van der Waals surface area contributed by atoms with E-state index in [2.05, 4.69) is 5.32 Å². The van der Waals surface area contributed by atoms with Crippen molar-refractivity contribution >= 4 is 5.78 Å². The minimum Gasteiger partial charge on any atom is -0.385 e. The van der Waals surface area contributed by atoms with Crippen molar-refractivity contribution < 1.29 is 9.53 Å². The zero-order valence-electron chi connectivity index (χ0n) is 6.81. The molecule has 0 radical (unpaired) electrons. The summed E-state index contributed by atoms with van der Waals surface area (Å²) in [6.45, 7) is 2.21. The van der Waals surface area contributed by atoms with Gasteiger partial charge in [-0.2, -0.15) is 0 Å². The van der Waals surface area contributed by atoms with Crippen LogP contribution in [0.1, 0.15) is 13.3 Å². The standard InChI is InChI=1S/C7H15NO2/c1-6(9)7(8-2)4-5-10-3/h7-8H,4-5H2,1-3H3/t7-/m0/s1. The first-order valence-electron chi connectivity index (χ1n) is 3.39. The summed E-state index contributed by atoms with van der Waals surface area (Å²) in [4.78, 5) is 10.8. The molecular weight excluding hydrogens is 130 g/mol. The van der Waals surface area contributed by atoms with Gasteiger partial charge in [-0.25, -0.2) is 0 Å². The fraction of sp³-hybridized carbons (Fsp3) is 0.857. The van der Waals surface area contributed by atoms with Crippen LogP contribution in [0.5, 0.6) is 0 Å². The molecule has 0 aliphatic rings. The molecule has 0 saturated heterocycles. The number of likely N-dealkylation sites (N-methyl/N-ethyl adjacent to an activating group) is 1. The van der Waals surface area contributed by atoms with Gasteiger partial charge in [0.05, 0.1) is 6.04 Å². The van der Waals surface area contributed by atoms with Gasteiger partial charge in [0.15, 0.2) is 0 Å². The molecule has 1 atom stereocenters. The van der Waals surface area contributed by atoms with Gasteiger partial charge in [-0.3, -0.25) is 4.79 Å². The summed E-state index contributed by atoms with van der Waals surface area (Å²) < 4.78 is 4.83. The van der Waals surface area contributed by atoms with Crippen LogP contribution in [-0.2, 0) is 9.53 Å². The van der Waals surface area contributed by atoms with Gasteiger partial charge in [0, 0.05) is 13.7 Å². The predicted molar refractivity (Wildman–Crippen MR) is 40.0 cm³/mol. The Morgan fingerprint density at radius 2 is 2.30 bits per heavy atom. The number of nitrogens with one attached hydrogen (secondary N) is 1. The number of hydrogen-bond acceptors (Lipinski definition) is 3. The molecule has 3 nitrogen and oxygen atoms in total. The van der Waals surface area contributed by atoms with Crippen LogP contribution in [-0.4, -0.2) is 32.6 Å². The maximum atomic E-state index is 10.8. The first-order valence-corrected chi connectivity index (χ1v) is 3.39. The van der Waals surface area contributed by atoms with Gasteiger partial charge in [-0.05, 0) is 20.4 Å². The van der Waals surface area contributed by atoms with E-state index in [0.717, 1.165) is 6.42 Å². The average Bonchev–Trinajstić information content (AvgIpc) is 1.89. The van der Waals surface area contributed by atoms with E-state index in [0.29, 0.717) is 6.61 Å². The van der Waals surface area contributed by atoms with Gasteiger partial charge in [-0.15, -0.1) is 0 Å². The van der Waals surface area contributed by atoms with E-state index in [1.165, 1.54) is 0 Å². The normalized spacial score (nSPS) is 13.1. The predicted octanol–water partition coefficient (Wildman–Crippen LogP) is 0.200. The van der Waals surface area contributed by atoms with E-state index in [1.54, 1.807) is 21.1 Å². The molecule has 3 heteroatoms. The number of methoxy groups -OCH3 is 1. The summed E-state index contributed by atoms with van der Waals surface area (Å²) in [6, 6.07) is -0.0417. The second kappa shape index (κ2) is 5.38. The molecule has 0 unspecified atom stereocenters. The topological polar surface area (TPSA) is 38.3 Å². The van der Waals surface area contributed by atoms with E-state index >= 15 is 0 Å². The van der Waals surface area contributed by atoms with Gasteiger partial charge in [0.2, 0.25) is 0 Å².